The highest BCUT2D eigenvalue weighted by Gasteiger charge is 2.44. The first-order chi connectivity index (χ1) is 29.9. The molecule has 0 aromatic heterocycles. The molecule has 1 aliphatic heterocycles. The van der Waals surface area contributed by atoms with Gasteiger partial charge in [0.05, 0.1) is 78.1 Å². The van der Waals surface area contributed by atoms with Gasteiger partial charge in [-0.1, -0.05) is 181 Å². The van der Waals surface area contributed by atoms with Crippen molar-refractivity contribution in [3.63, 3.8) is 0 Å². The van der Waals surface area contributed by atoms with E-state index >= 15 is 0 Å². The first-order valence-corrected chi connectivity index (χ1v) is 25.4. The monoisotopic (exact) mass is 879 g/mol. The van der Waals surface area contributed by atoms with Gasteiger partial charge in [0.2, 0.25) is 0 Å². The Balaban J connectivity index is 2.26. The highest BCUT2D eigenvalue weighted by molar-refractivity contribution is 4.88. The molecule has 12 nitrogen and oxygen atoms in total. The van der Waals surface area contributed by atoms with E-state index in [9.17, 15) is 25.5 Å². The van der Waals surface area contributed by atoms with Crippen molar-refractivity contribution in [3.05, 3.63) is 0 Å². The van der Waals surface area contributed by atoms with E-state index in [1.54, 1.807) is 0 Å². The van der Waals surface area contributed by atoms with E-state index in [2.05, 4.69) is 13.8 Å². The molecule has 0 unspecified atom stereocenters. The van der Waals surface area contributed by atoms with E-state index in [1.165, 1.54) is 167 Å². The smallest absolute Gasteiger partial charge is 0.186 e. The SMILES string of the molecule is CCCCCCCCCCCCCCCCOCC(CO)(COCCCCCCCCCCCCCCCC)COCCOCCOCCO[C@H]1O[C@H](CO)[C@@H](O)[C@H](O)[C@@H]1O. The number of aliphatic hydroxyl groups is 5. The van der Waals surface area contributed by atoms with Crippen LogP contribution < -0.4 is 0 Å². The zero-order valence-corrected chi connectivity index (χ0v) is 39.5. The third kappa shape index (κ3) is 32.8. The Bertz CT molecular complexity index is 847. The molecular weight excluding hydrogens is 781 g/mol. The van der Waals surface area contributed by atoms with Crippen molar-refractivity contribution in [1.82, 2.24) is 0 Å². The molecule has 0 aliphatic carbocycles. The summed E-state index contributed by atoms with van der Waals surface area (Å²) in [7, 11) is 0. The summed E-state index contributed by atoms with van der Waals surface area (Å²) in [5.74, 6) is 0. The third-order valence-electron chi connectivity index (χ3n) is 11.9. The van der Waals surface area contributed by atoms with Gasteiger partial charge in [0.1, 0.15) is 24.4 Å². The van der Waals surface area contributed by atoms with Crippen LogP contribution in [0.5, 0.6) is 0 Å². The van der Waals surface area contributed by atoms with Gasteiger partial charge in [-0.25, -0.2) is 0 Å². The van der Waals surface area contributed by atoms with Gasteiger partial charge in [0, 0.05) is 13.2 Å². The second kappa shape index (κ2) is 43.4. The lowest BCUT2D eigenvalue weighted by Gasteiger charge is -2.39. The second-order valence-electron chi connectivity index (χ2n) is 17.8. The van der Waals surface area contributed by atoms with Gasteiger partial charge in [-0.05, 0) is 12.8 Å². The van der Waals surface area contributed by atoms with Gasteiger partial charge in [-0.3, -0.25) is 0 Å². The van der Waals surface area contributed by atoms with Crippen molar-refractivity contribution in [1.29, 1.82) is 0 Å². The first-order valence-electron chi connectivity index (χ1n) is 25.4. The van der Waals surface area contributed by atoms with Gasteiger partial charge in [-0.15, -0.1) is 0 Å². The molecule has 0 bridgehead atoms. The van der Waals surface area contributed by atoms with Crippen molar-refractivity contribution < 1.29 is 58.7 Å². The second-order valence-corrected chi connectivity index (χ2v) is 17.8. The fraction of sp³-hybridized carbons (Fsp3) is 1.00. The zero-order chi connectivity index (χ0) is 44.3. The van der Waals surface area contributed by atoms with E-state index in [4.69, 9.17) is 33.2 Å². The minimum absolute atomic E-state index is 0.0790. The molecule has 1 rings (SSSR count). The Morgan fingerprint density at radius 1 is 0.377 bits per heavy atom. The molecule has 5 atom stereocenters. The number of rotatable bonds is 48. The lowest BCUT2D eigenvalue weighted by Crippen LogP contribution is -2.59. The van der Waals surface area contributed by atoms with Gasteiger partial charge in [0.25, 0.3) is 0 Å². The summed E-state index contributed by atoms with van der Waals surface area (Å²) in [6, 6.07) is 0. The average Bonchev–Trinajstić information content (AvgIpc) is 3.27. The molecule has 366 valence electrons. The van der Waals surface area contributed by atoms with Crippen molar-refractivity contribution in [2.24, 2.45) is 5.41 Å². The molecule has 0 aromatic rings. The van der Waals surface area contributed by atoms with Crippen LogP contribution in [0.4, 0.5) is 0 Å². The molecule has 1 aliphatic rings. The standard InChI is InChI=1S/C49H98O12/c1-3-5-7-9-11-13-15-17-19-21-23-25-27-29-31-57-41-49(40-51,42-58-32-30-28-26-24-22-20-18-16-14-12-10-8-6-4-2)43-59-36-35-55-33-34-56-37-38-60-48-47(54)46(53)45(52)44(39-50)61-48/h44-48,50-54H,3-43H2,1-2H3/t44-,45-,46+,47+,48+/m1/s1. The topological polar surface area (TPSA) is 166 Å². The van der Waals surface area contributed by atoms with Gasteiger partial charge in [-0.2, -0.15) is 0 Å². The van der Waals surface area contributed by atoms with Crippen LogP contribution in [0.1, 0.15) is 194 Å². The molecule has 0 aromatic carbocycles. The van der Waals surface area contributed by atoms with Crippen LogP contribution in [-0.4, -0.2) is 142 Å². The van der Waals surface area contributed by atoms with Crippen LogP contribution >= 0.6 is 0 Å². The molecule has 0 saturated carbocycles. The Labute approximate surface area is 373 Å². The molecule has 1 saturated heterocycles. The Kier molecular flexibility index (Phi) is 41.7. The van der Waals surface area contributed by atoms with Gasteiger partial charge in [0.15, 0.2) is 6.29 Å². The molecule has 0 spiro atoms. The highest BCUT2D eigenvalue weighted by Crippen LogP contribution is 2.23. The lowest BCUT2D eigenvalue weighted by atomic mass is 9.92. The molecule has 1 fully saturated rings. The van der Waals surface area contributed by atoms with E-state index in [1.807, 2.05) is 0 Å². The fourth-order valence-corrected chi connectivity index (χ4v) is 7.79. The molecule has 0 amide bonds. The number of aliphatic hydroxyl groups excluding tert-OH is 5. The Morgan fingerprint density at radius 2 is 0.705 bits per heavy atom. The minimum atomic E-state index is -1.48. The summed E-state index contributed by atoms with van der Waals surface area (Å²) in [5.41, 5.74) is -0.629. The number of unbranched alkanes of at least 4 members (excludes halogenated alkanes) is 26. The average molecular weight is 879 g/mol. The number of hydrogen-bond donors (Lipinski definition) is 5. The van der Waals surface area contributed by atoms with E-state index in [-0.39, 0.29) is 19.8 Å². The summed E-state index contributed by atoms with van der Waals surface area (Å²) in [6.07, 6.45) is 30.5. The highest BCUT2D eigenvalue weighted by atomic mass is 16.7. The van der Waals surface area contributed by atoms with E-state index < -0.39 is 42.7 Å². The van der Waals surface area contributed by atoms with Gasteiger partial charge >= 0.3 is 0 Å². The largest absolute Gasteiger partial charge is 0.396 e. The Hall–Kier alpha value is -0.480. The maximum absolute atomic E-state index is 10.6. The lowest BCUT2D eigenvalue weighted by molar-refractivity contribution is -0.302. The Morgan fingerprint density at radius 3 is 1.07 bits per heavy atom. The predicted octanol–water partition coefficient (Wildman–Crippen LogP) is 8.83. The zero-order valence-electron chi connectivity index (χ0n) is 39.5. The predicted molar refractivity (Wildman–Crippen MR) is 244 cm³/mol. The van der Waals surface area contributed by atoms with Crippen LogP contribution in [0.15, 0.2) is 0 Å². The van der Waals surface area contributed by atoms with Crippen LogP contribution in [-0.2, 0) is 33.2 Å². The molecule has 5 N–H and O–H groups in total. The summed E-state index contributed by atoms with van der Waals surface area (Å²) in [4.78, 5) is 0. The molecule has 12 heteroatoms. The van der Waals surface area contributed by atoms with Gasteiger partial charge < -0.3 is 58.7 Å². The quantitative estimate of drug-likeness (QED) is 0.0370. The van der Waals surface area contributed by atoms with Crippen molar-refractivity contribution in [2.75, 3.05) is 85.9 Å². The summed E-state index contributed by atoms with van der Waals surface area (Å²) >= 11 is 0. The van der Waals surface area contributed by atoms with Crippen LogP contribution in [0, 0.1) is 5.41 Å². The third-order valence-corrected chi connectivity index (χ3v) is 11.9. The van der Waals surface area contributed by atoms with E-state index in [0.717, 1.165) is 12.8 Å². The first kappa shape index (κ1) is 58.5. The van der Waals surface area contributed by atoms with Crippen LogP contribution in [0.3, 0.4) is 0 Å². The normalized spacial score (nSPS) is 19.6. The number of hydrogen-bond acceptors (Lipinski definition) is 12. The maximum Gasteiger partial charge on any atom is 0.186 e. The van der Waals surface area contributed by atoms with E-state index in [0.29, 0.717) is 59.5 Å². The molecule has 1 heterocycles. The maximum atomic E-state index is 10.6. The molecule has 61 heavy (non-hydrogen) atoms. The number of ether oxygens (including phenoxy) is 7. The fourth-order valence-electron chi connectivity index (χ4n) is 7.79. The summed E-state index contributed by atoms with van der Waals surface area (Å²) in [5, 5.41) is 49.7. The van der Waals surface area contributed by atoms with Crippen LogP contribution in [0.25, 0.3) is 0 Å². The summed E-state index contributed by atoms with van der Waals surface area (Å²) < 4.78 is 40.3. The molecule has 0 radical (unpaired) electrons. The van der Waals surface area contributed by atoms with Crippen molar-refractivity contribution in [3.8, 4) is 0 Å². The van der Waals surface area contributed by atoms with Crippen molar-refractivity contribution in [2.45, 2.75) is 224 Å². The molecular formula is C49H98O12. The van der Waals surface area contributed by atoms with Crippen LogP contribution in [0.2, 0.25) is 0 Å². The summed E-state index contributed by atoms with van der Waals surface area (Å²) in [6.45, 7) is 8.08. The minimum Gasteiger partial charge on any atom is -0.396 e. The van der Waals surface area contributed by atoms with Crippen molar-refractivity contribution >= 4 is 0 Å².